The normalized spacial score (nSPS) is 14.1. The third kappa shape index (κ3) is 2.49. The van der Waals surface area contributed by atoms with Gasteiger partial charge in [-0.2, -0.15) is 0 Å². The molecule has 0 spiro atoms. The van der Waals surface area contributed by atoms with E-state index in [9.17, 15) is 0 Å². The molecule has 0 heterocycles. The van der Waals surface area contributed by atoms with E-state index in [1.54, 1.807) is 0 Å². The molecule has 0 aliphatic rings. The van der Waals surface area contributed by atoms with Crippen molar-refractivity contribution in [1.82, 2.24) is 0 Å². The minimum Gasteiger partial charge on any atom is -0.324 e. The van der Waals surface area contributed by atoms with Gasteiger partial charge in [-0.3, -0.25) is 0 Å². The number of hydrogen-bond donors (Lipinski definition) is 1. The molecule has 1 unspecified atom stereocenters. The summed E-state index contributed by atoms with van der Waals surface area (Å²) in [6.45, 7) is 8.42. The second-order valence-corrected chi connectivity index (χ2v) is 5.19. The molecule has 0 aliphatic carbocycles. The van der Waals surface area contributed by atoms with E-state index in [1.807, 2.05) is 13.0 Å². The van der Waals surface area contributed by atoms with Crippen LogP contribution in [0.5, 0.6) is 0 Å². The van der Waals surface area contributed by atoms with Gasteiger partial charge in [-0.05, 0) is 29.5 Å². The van der Waals surface area contributed by atoms with Crippen LogP contribution in [0.4, 0.5) is 0 Å². The maximum absolute atomic E-state index is 6.20. The van der Waals surface area contributed by atoms with E-state index in [0.29, 0.717) is 0 Å². The molecule has 14 heavy (non-hydrogen) atoms. The maximum Gasteiger partial charge on any atom is 0.0446 e. The summed E-state index contributed by atoms with van der Waals surface area (Å²) in [6.07, 6.45) is 0. The molecule has 2 heteroatoms. The van der Waals surface area contributed by atoms with Crippen LogP contribution in [0.2, 0.25) is 5.02 Å². The monoisotopic (exact) mass is 211 g/mol. The molecular formula is C12H18ClN. The average molecular weight is 212 g/mol. The summed E-state index contributed by atoms with van der Waals surface area (Å²) in [6, 6.07) is 6.13. The Morgan fingerprint density at radius 2 is 1.86 bits per heavy atom. The van der Waals surface area contributed by atoms with E-state index in [4.69, 9.17) is 17.3 Å². The third-order valence-corrected chi connectivity index (χ3v) is 2.64. The van der Waals surface area contributed by atoms with Crippen LogP contribution >= 0.6 is 11.6 Å². The highest BCUT2D eigenvalue weighted by atomic mass is 35.5. The predicted molar refractivity (Wildman–Crippen MR) is 62.8 cm³/mol. The van der Waals surface area contributed by atoms with Crippen molar-refractivity contribution < 1.29 is 0 Å². The quantitative estimate of drug-likeness (QED) is 0.754. The Morgan fingerprint density at radius 1 is 1.29 bits per heavy atom. The Balaban J connectivity index is 3.15. The fraction of sp³-hybridized carbons (Fsp3) is 0.500. The van der Waals surface area contributed by atoms with Crippen LogP contribution in [0, 0.1) is 0 Å². The summed E-state index contributed by atoms with van der Waals surface area (Å²) < 4.78 is 0. The van der Waals surface area contributed by atoms with Crippen LogP contribution in [0.3, 0.4) is 0 Å². The average Bonchev–Trinajstić information content (AvgIpc) is 2.01. The summed E-state index contributed by atoms with van der Waals surface area (Å²) in [5.74, 6) is 0. The van der Waals surface area contributed by atoms with Gasteiger partial charge in [0, 0.05) is 11.1 Å². The lowest BCUT2D eigenvalue weighted by atomic mass is 9.86. The Hall–Kier alpha value is -0.530. The SMILES string of the molecule is CC(N)c1ccc(C(C)(C)C)c(Cl)c1. The van der Waals surface area contributed by atoms with Crippen LogP contribution in [0.1, 0.15) is 44.9 Å². The molecule has 0 bridgehead atoms. The number of rotatable bonds is 1. The van der Waals surface area contributed by atoms with Crippen molar-refractivity contribution in [3.05, 3.63) is 34.3 Å². The Morgan fingerprint density at radius 3 is 2.21 bits per heavy atom. The first kappa shape index (κ1) is 11.5. The van der Waals surface area contributed by atoms with Crippen LogP contribution in [-0.4, -0.2) is 0 Å². The first-order valence-electron chi connectivity index (χ1n) is 4.88. The summed E-state index contributed by atoms with van der Waals surface area (Å²) in [5, 5.41) is 0.812. The minimum atomic E-state index is 0.0431. The highest BCUT2D eigenvalue weighted by Gasteiger charge is 2.17. The fourth-order valence-corrected chi connectivity index (χ4v) is 1.90. The van der Waals surface area contributed by atoms with Gasteiger partial charge in [0.25, 0.3) is 0 Å². The molecule has 2 N–H and O–H groups in total. The van der Waals surface area contributed by atoms with Gasteiger partial charge in [0.2, 0.25) is 0 Å². The molecule has 0 aromatic heterocycles. The van der Waals surface area contributed by atoms with E-state index in [2.05, 4.69) is 32.9 Å². The molecule has 1 aromatic rings. The Kier molecular flexibility index (Phi) is 3.23. The highest BCUT2D eigenvalue weighted by molar-refractivity contribution is 6.31. The molecule has 0 radical (unpaired) electrons. The molecule has 0 fully saturated rings. The van der Waals surface area contributed by atoms with Crippen molar-refractivity contribution in [2.24, 2.45) is 5.73 Å². The second kappa shape index (κ2) is 3.92. The van der Waals surface area contributed by atoms with Crippen molar-refractivity contribution in [2.45, 2.75) is 39.2 Å². The lowest BCUT2D eigenvalue weighted by molar-refractivity contribution is 0.590. The minimum absolute atomic E-state index is 0.0431. The van der Waals surface area contributed by atoms with E-state index in [-0.39, 0.29) is 11.5 Å². The van der Waals surface area contributed by atoms with Gasteiger partial charge in [0.15, 0.2) is 0 Å². The highest BCUT2D eigenvalue weighted by Crippen LogP contribution is 2.30. The molecule has 1 nitrogen and oxygen atoms in total. The molecule has 1 atom stereocenters. The predicted octanol–water partition coefficient (Wildman–Crippen LogP) is 3.66. The van der Waals surface area contributed by atoms with Crippen molar-refractivity contribution >= 4 is 11.6 Å². The zero-order chi connectivity index (χ0) is 10.9. The topological polar surface area (TPSA) is 26.0 Å². The van der Waals surface area contributed by atoms with Gasteiger partial charge >= 0.3 is 0 Å². The van der Waals surface area contributed by atoms with Crippen LogP contribution in [0.15, 0.2) is 18.2 Å². The lowest BCUT2D eigenvalue weighted by Gasteiger charge is -2.21. The number of benzene rings is 1. The van der Waals surface area contributed by atoms with Gasteiger partial charge in [-0.25, -0.2) is 0 Å². The van der Waals surface area contributed by atoms with E-state index in [1.165, 1.54) is 5.56 Å². The third-order valence-electron chi connectivity index (χ3n) is 2.33. The fourth-order valence-electron chi connectivity index (χ4n) is 1.42. The largest absolute Gasteiger partial charge is 0.324 e. The van der Waals surface area contributed by atoms with E-state index < -0.39 is 0 Å². The van der Waals surface area contributed by atoms with Gasteiger partial charge in [0.05, 0.1) is 0 Å². The first-order valence-corrected chi connectivity index (χ1v) is 5.25. The summed E-state index contributed by atoms with van der Waals surface area (Å²) in [5.41, 5.74) is 8.13. The molecular weight excluding hydrogens is 194 g/mol. The van der Waals surface area contributed by atoms with E-state index in [0.717, 1.165) is 10.6 Å². The van der Waals surface area contributed by atoms with Gasteiger partial charge in [0.1, 0.15) is 0 Å². The van der Waals surface area contributed by atoms with Crippen molar-refractivity contribution in [3.8, 4) is 0 Å². The molecule has 0 saturated heterocycles. The lowest BCUT2D eigenvalue weighted by Crippen LogP contribution is -2.13. The molecule has 0 aliphatic heterocycles. The summed E-state index contributed by atoms with van der Waals surface area (Å²) in [7, 11) is 0. The summed E-state index contributed by atoms with van der Waals surface area (Å²) >= 11 is 6.20. The molecule has 0 amide bonds. The zero-order valence-corrected chi connectivity index (χ0v) is 10.0. The molecule has 1 aromatic carbocycles. The maximum atomic E-state index is 6.20. The first-order chi connectivity index (χ1) is 6.32. The van der Waals surface area contributed by atoms with Crippen LogP contribution in [-0.2, 0) is 5.41 Å². The number of nitrogens with two attached hydrogens (primary N) is 1. The van der Waals surface area contributed by atoms with Gasteiger partial charge in [-0.1, -0.05) is 44.5 Å². The number of hydrogen-bond acceptors (Lipinski definition) is 1. The van der Waals surface area contributed by atoms with Crippen molar-refractivity contribution in [3.63, 3.8) is 0 Å². The smallest absolute Gasteiger partial charge is 0.0446 e. The Bertz CT molecular complexity index is 324. The van der Waals surface area contributed by atoms with Crippen molar-refractivity contribution in [1.29, 1.82) is 0 Å². The van der Waals surface area contributed by atoms with Crippen LogP contribution < -0.4 is 5.73 Å². The standard InChI is InChI=1S/C12H18ClN/c1-8(14)9-5-6-10(11(13)7-9)12(2,3)4/h5-8H,14H2,1-4H3. The van der Waals surface area contributed by atoms with Crippen LogP contribution in [0.25, 0.3) is 0 Å². The van der Waals surface area contributed by atoms with Gasteiger partial charge < -0.3 is 5.73 Å². The Labute approximate surface area is 91.3 Å². The molecule has 1 rings (SSSR count). The van der Waals surface area contributed by atoms with Gasteiger partial charge in [-0.15, -0.1) is 0 Å². The molecule has 0 saturated carbocycles. The molecule has 78 valence electrons. The zero-order valence-electron chi connectivity index (χ0n) is 9.26. The van der Waals surface area contributed by atoms with E-state index >= 15 is 0 Å². The number of halogens is 1. The van der Waals surface area contributed by atoms with Crippen molar-refractivity contribution in [2.75, 3.05) is 0 Å². The summed E-state index contributed by atoms with van der Waals surface area (Å²) in [4.78, 5) is 0. The second-order valence-electron chi connectivity index (χ2n) is 4.78.